The molecule has 0 saturated heterocycles. The minimum absolute atomic E-state index is 0.131. The predicted octanol–water partition coefficient (Wildman–Crippen LogP) is 3.49. The van der Waals surface area contributed by atoms with E-state index in [-0.39, 0.29) is 22.9 Å². The van der Waals surface area contributed by atoms with Crippen molar-refractivity contribution in [3.63, 3.8) is 0 Å². The van der Waals surface area contributed by atoms with Crippen molar-refractivity contribution in [1.82, 2.24) is 0 Å². The number of fused-ring (bicyclic) bond motifs is 3. The summed E-state index contributed by atoms with van der Waals surface area (Å²) in [6, 6.07) is 0. The lowest BCUT2D eigenvalue weighted by Crippen LogP contribution is -2.53. The van der Waals surface area contributed by atoms with E-state index < -0.39 is 6.10 Å². The van der Waals surface area contributed by atoms with E-state index in [9.17, 15) is 15.0 Å². The molecular weight excluding hydrogens is 288 g/mol. The molecule has 23 heavy (non-hydrogen) atoms. The van der Waals surface area contributed by atoms with Gasteiger partial charge in [-0.05, 0) is 54.8 Å². The Balaban J connectivity index is 1.94. The molecule has 5 atom stereocenters. The molecule has 3 aliphatic carbocycles. The Labute approximate surface area is 140 Å². The summed E-state index contributed by atoms with van der Waals surface area (Å²) in [6.07, 6.45) is 7.37. The summed E-state index contributed by atoms with van der Waals surface area (Å²) < 4.78 is 0. The van der Waals surface area contributed by atoms with Gasteiger partial charge in [-0.3, -0.25) is 4.79 Å². The molecule has 0 aromatic heterocycles. The van der Waals surface area contributed by atoms with E-state index in [1.165, 1.54) is 5.57 Å². The van der Waals surface area contributed by atoms with Crippen LogP contribution in [0, 0.1) is 28.1 Å². The summed E-state index contributed by atoms with van der Waals surface area (Å²) in [6.45, 7) is 8.59. The van der Waals surface area contributed by atoms with Gasteiger partial charge in [0, 0.05) is 11.8 Å². The van der Waals surface area contributed by atoms with Crippen molar-refractivity contribution < 1.29 is 15.0 Å². The molecule has 2 saturated carbocycles. The molecule has 0 heterocycles. The highest BCUT2D eigenvalue weighted by molar-refractivity contribution is 5.85. The first kappa shape index (κ1) is 17.2. The number of Topliss-reactive ketones (excluding diaryl/α,β-unsaturated/α-hetero) is 1. The molecule has 0 aromatic rings. The summed E-state index contributed by atoms with van der Waals surface area (Å²) in [7, 11) is 0. The van der Waals surface area contributed by atoms with Crippen LogP contribution in [0.15, 0.2) is 11.6 Å². The van der Waals surface area contributed by atoms with Gasteiger partial charge in [0.15, 0.2) is 0 Å². The highest BCUT2D eigenvalue weighted by atomic mass is 16.3. The molecule has 0 radical (unpaired) electrons. The zero-order valence-electron chi connectivity index (χ0n) is 15.1. The van der Waals surface area contributed by atoms with Crippen LogP contribution in [0.1, 0.15) is 66.2 Å². The van der Waals surface area contributed by atoms with E-state index in [1.807, 2.05) is 0 Å². The van der Waals surface area contributed by atoms with Crippen molar-refractivity contribution >= 4 is 5.78 Å². The van der Waals surface area contributed by atoms with Crippen molar-refractivity contribution in [2.45, 2.75) is 72.3 Å². The Morgan fingerprint density at radius 2 is 1.96 bits per heavy atom. The molecular formula is C20H32O3. The Morgan fingerprint density at radius 1 is 1.26 bits per heavy atom. The van der Waals surface area contributed by atoms with Crippen LogP contribution in [0.4, 0.5) is 0 Å². The second-order valence-electron chi connectivity index (χ2n) is 9.31. The molecule has 3 heteroatoms. The average molecular weight is 320 g/mol. The van der Waals surface area contributed by atoms with E-state index in [0.29, 0.717) is 24.0 Å². The molecule has 2 fully saturated rings. The maximum absolute atomic E-state index is 12.4. The SMILES string of the molecule is CC1(C)C(=O)CC[C@]2(C)C3=CC[C@](C)([C@H](O)CO)CC3CCC12. The molecule has 3 rings (SSSR count). The molecule has 3 nitrogen and oxygen atoms in total. The summed E-state index contributed by atoms with van der Waals surface area (Å²) >= 11 is 0. The number of hydrogen-bond acceptors (Lipinski definition) is 3. The first-order valence-corrected chi connectivity index (χ1v) is 9.18. The largest absolute Gasteiger partial charge is 0.394 e. The third-order valence-electron chi connectivity index (χ3n) is 7.61. The molecule has 0 aromatic carbocycles. The molecule has 2 N–H and O–H groups in total. The number of aliphatic hydroxyl groups is 2. The van der Waals surface area contributed by atoms with Crippen LogP contribution in [-0.4, -0.2) is 28.7 Å². The lowest BCUT2D eigenvalue weighted by Gasteiger charge is -2.58. The van der Waals surface area contributed by atoms with Gasteiger partial charge in [0.1, 0.15) is 5.78 Å². The van der Waals surface area contributed by atoms with Gasteiger partial charge in [-0.15, -0.1) is 0 Å². The fourth-order valence-electron chi connectivity index (χ4n) is 5.97. The summed E-state index contributed by atoms with van der Waals surface area (Å²) in [5, 5.41) is 19.6. The third-order valence-corrected chi connectivity index (χ3v) is 7.61. The quantitative estimate of drug-likeness (QED) is 0.766. The summed E-state index contributed by atoms with van der Waals surface area (Å²) in [4.78, 5) is 12.4. The Morgan fingerprint density at radius 3 is 2.61 bits per heavy atom. The highest BCUT2D eigenvalue weighted by Crippen LogP contribution is 2.62. The van der Waals surface area contributed by atoms with Gasteiger partial charge in [-0.2, -0.15) is 0 Å². The number of rotatable bonds is 2. The summed E-state index contributed by atoms with van der Waals surface area (Å²) in [5.41, 5.74) is 1.24. The van der Waals surface area contributed by atoms with E-state index in [2.05, 4.69) is 33.8 Å². The maximum atomic E-state index is 12.4. The van der Waals surface area contributed by atoms with Crippen molar-refractivity contribution in [1.29, 1.82) is 0 Å². The van der Waals surface area contributed by atoms with E-state index in [4.69, 9.17) is 0 Å². The number of hydrogen-bond donors (Lipinski definition) is 2. The standard InChI is InChI=1S/C20H32O3/c1-18(2)15-6-5-13-11-19(3,17(23)12-21)9-7-14(13)20(15,4)10-8-16(18)22/h7,13,15,17,21,23H,5-6,8-12H2,1-4H3/t13?,15?,17-,19+,20-/m1/s1. The minimum Gasteiger partial charge on any atom is -0.394 e. The van der Waals surface area contributed by atoms with Gasteiger partial charge in [0.25, 0.3) is 0 Å². The first-order valence-electron chi connectivity index (χ1n) is 9.18. The lowest BCUT2D eigenvalue weighted by atomic mass is 9.46. The maximum Gasteiger partial charge on any atom is 0.138 e. The minimum atomic E-state index is -0.643. The fraction of sp³-hybridized carbons (Fsp3) is 0.850. The predicted molar refractivity (Wildman–Crippen MR) is 90.9 cm³/mol. The smallest absolute Gasteiger partial charge is 0.138 e. The van der Waals surface area contributed by atoms with Crippen molar-refractivity contribution in [2.75, 3.05) is 6.61 Å². The second-order valence-corrected chi connectivity index (χ2v) is 9.31. The Kier molecular flexibility index (Phi) is 4.04. The zero-order chi connectivity index (χ0) is 17.0. The Hall–Kier alpha value is -0.670. The molecule has 0 spiro atoms. The van der Waals surface area contributed by atoms with Crippen molar-refractivity contribution in [2.24, 2.45) is 28.1 Å². The third kappa shape index (κ3) is 2.42. The van der Waals surface area contributed by atoms with E-state index in [1.54, 1.807) is 0 Å². The molecule has 130 valence electrons. The van der Waals surface area contributed by atoms with Crippen LogP contribution in [0.3, 0.4) is 0 Å². The number of aliphatic hydroxyl groups excluding tert-OH is 2. The van der Waals surface area contributed by atoms with Crippen molar-refractivity contribution in [3.8, 4) is 0 Å². The van der Waals surface area contributed by atoms with Gasteiger partial charge in [0.2, 0.25) is 0 Å². The van der Waals surface area contributed by atoms with Crippen LogP contribution in [0.25, 0.3) is 0 Å². The second kappa shape index (κ2) is 5.42. The van der Waals surface area contributed by atoms with Crippen LogP contribution < -0.4 is 0 Å². The monoisotopic (exact) mass is 320 g/mol. The number of ketones is 1. The number of carbonyl (C=O) groups excluding carboxylic acids is 1. The first-order chi connectivity index (χ1) is 10.6. The molecule has 0 aliphatic heterocycles. The Bertz CT molecular complexity index is 535. The van der Waals surface area contributed by atoms with Gasteiger partial charge in [-0.1, -0.05) is 39.3 Å². The summed E-state index contributed by atoms with van der Waals surface area (Å²) in [5.74, 6) is 1.36. The van der Waals surface area contributed by atoms with E-state index in [0.717, 1.165) is 32.1 Å². The molecule has 2 unspecified atom stereocenters. The lowest BCUT2D eigenvalue weighted by molar-refractivity contribution is -0.141. The topological polar surface area (TPSA) is 57.5 Å². The van der Waals surface area contributed by atoms with Crippen LogP contribution in [-0.2, 0) is 4.79 Å². The zero-order valence-corrected chi connectivity index (χ0v) is 15.1. The fourth-order valence-corrected chi connectivity index (χ4v) is 5.97. The van der Waals surface area contributed by atoms with Crippen LogP contribution >= 0.6 is 0 Å². The van der Waals surface area contributed by atoms with Crippen molar-refractivity contribution in [3.05, 3.63) is 11.6 Å². The van der Waals surface area contributed by atoms with Gasteiger partial charge < -0.3 is 10.2 Å². The number of carbonyl (C=O) groups is 1. The van der Waals surface area contributed by atoms with Crippen LogP contribution in [0.5, 0.6) is 0 Å². The van der Waals surface area contributed by atoms with Gasteiger partial charge in [-0.25, -0.2) is 0 Å². The average Bonchev–Trinajstić information content (AvgIpc) is 2.50. The van der Waals surface area contributed by atoms with Gasteiger partial charge in [0.05, 0.1) is 12.7 Å². The normalized spacial score (nSPS) is 44.1. The van der Waals surface area contributed by atoms with Gasteiger partial charge >= 0.3 is 0 Å². The molecule has 3 aliphatic rings. The van der Waals surface area contributed by atoms with Crippen LogP contribution in [0.2, 0.25) is 0 Å². The van der Waals surface area contributed by atoms with E-state index >= 15 is 0 Å². The highest BCUT2D eigenvalue weighted by Gasteiger charge is 2.56. The molecule has 0 bridgehead atoms. The molecule has 0 amide bonds. The number of allylic oxidation sites excluding steroid dienone is 2.